The predicted octanol–water partition coefficient (Wildman–Crippen LogP) is 2.93. The van der Waals surface area contributed by atoms with Crippen molar-refractivity contribution in [1.29, 1.82) is 0 Å². The van der Waals surface area contributed by atoms with Crippen LogP contribution in [-0.2, 0) is 10.0 Å². The van der Waals surface area contributed by atoms with Gasteiger partial charge in [-0.1, -0.05) is 11.6 Å². The lowest BCUT2D eigenvalue weighted by Crippen LogP contribution is -2.31. The monoisotopic (exact) mass is 427 g/mol. The molecule has 1 N–H and O–H groups in total. The third kappa shape index (κ3) is 4.12. The standard InChI is InChI=1S/C17H12ClF2N3O4S/c1-27-13-2-3-14(20)16(7-13)28(25,26)22-17(24)15-8-23(9-21-15)12-5-10(18)4-11(19)6-12/h2-9H,1H3,(H,22,24). The zero-order chi connectivity index (χ0) is 20.5. The first kappa shape index (κ1) is 19.8. The van der Waals surface area contributed by atoms with Gasteiger partial charge in [0.2, 0.25) is 0 Å². The van der Waals surface area contributed by atoms with Gasteiger partial charge in [0.15, 0.2) is 0 Å². The van der Waals surface area contributed by atoms with E-state index in [4.69, 9.17) is 16.3 Å². The van der Waals surface area contributed by atoms with Gasteiger partial charge in [0, 0.05) is 17.3 Å². The van der Waals surface area contributed by atoms with Crippen LogP contribution in [0.1, 0.15) is 10.5 Å². The summed E-state index contributed by atoms with van der Waals surface area (Å²) < 4.78 is 59.9. The number of rotatable bonds is 5. The largest absolute Gasteiger partial charge is 0.497 e. The first-order chi connectivity index (χ1) is 13.2. The molecule has 1 heterocycles. The van der Waals surface area contributed by atoms with Crippen molar-refractivity contribution >= 4 is 27.5 Å². The minimum Gasteiger partial charge on any atom is -0.497 e. The van der Waals surface area contributed by atoms with Gasteiger partial charge in [-0.05, 0) is 30.3 Å². The topological polar surface area (TPSA) is 90.3 Å². The van der Waals surface area contributed by atoms with E-state index in [1.165, 1.54) is 36.3 Å². The number of carbonyl (C=O) groups is 1. The van der Waals surface area contributed by atoms with E-state index in [1.807, 2.05) is 0 Å². The number of sulfonamides is 1. The number of benzene rings is 2. The maximum atomic E-state index is 13.9. The summed E-state index contributed by atoms with van der Waals surface area (Å²) in [7, 11) is -3.24. The number of ether oxygens (including phenoxy) is 1. The Morgan fingerprint density at radius 2 is 1.96 bits per heavy atom. The Hall–Kier alpha value is -2.98. The molecule has 0 atom stereocenters. The molecule has 7 nitrogen and oxygen atoms in total. The third-order valence-electron chi connectivity index (χ3n) is 3.62. The van der Waals surface area contributed by atoms with Gasteiger partial charge in [0.25, 0.3) is 15.9 Å². The van der Waals surface area contributed by atoms with Crippen molar-refractivity contribution in [1.82, 2.24) is 14.3 Å². The molecule has 146 valence electrons. The second-order valence-corrected chi connectivity index (χ2v) is 7.61. The zero-order valence-corrected chi connectivity index (χ0v) is 15.8. The van der Waals surface area contributed by atoms with Gasteiger partial charge in [0.1, 0.15) is 34.3 Å². The molecule has 3 rings (SSSR count). The molecule has 0 aliphatic rings. The molecule has 28 heavy (non-hydrogen) atoms. The fourth-order valence-corrected chi connectivity index (χ4v) is 3.59. The molecule has 1 aromatic heterocycles. The van der Waals surface area contributed by atoms with Crippen LogP contribution in [0.25, 0.3) is 5.69 Å². The number of hydrogen-bond acceptors (Lipinski definition) is 5. The van der Waals surface area contributed by atoms with Crippen molar-refractivity contribution in [3.05, 3.63) is 71.3 Å². The summed E-state index contributed by atoms with van der Waals surface area (Å²) >= 11 is 5.79. The molecule has 0 aliphatic heterocycles. The van der Waals surface area contributed by atoms with Crippen LogP contribution in [0.5, 0.6) is 5.75 Å². The summed E-state index contributed by atoms with van der Waals surface area (Å²) in [6.07, 6.45) is 2.36. The highest BCUT2D eigenvalue weighted by Crippen LogP contribution is 2.21. The highest BCUT2D eigenvalue weighted by molar-refractivity contribution is 7.90. The Balaban J connectivity index is 1.86. The van der Waals surface area contributed by atoms with Gasteiger partial charge in [-0.25, -0.2) is 26.9 Å². The van der Waals surface area contributed by atoms with Crippen LogP contribution in [0.4, 0.5) is 8.78 Å². The van der Waals surface area contributed by atoms with Crippen LogP contribution in [0.2, 0.25) is 5.02 Å². The minimum atomic E-state index is -4.52. The first-order valence-electron chi connectivity index (χ1n) is 7.61. The number of halogens is 3. The van der Waals surface area contributed by atoms with Crippen LogP contribution in [0.15, 0.2) is 53.8 Å². The van der Waals surface area contributed by atoms with Crippen molar-refractivity contribution in [2.24, 2.45) is 0 Å². The Bertz CT molecular complexity index is 1140. The lowest BCUT2D eigenvalue weighted by Gasteiger charge is -2.08. The number of hydrogen-bond donors (Lipinski definition) is 1. The smallest absolute Gasteiger partial charge is 0.285 e. The second kappa shape index (κ2) is 7.56. The van der Waals surface area contributed by atoms with E-state index in [9.17, 15) is 22.0 Å². The van der Waals surface area contributed by atoms with E-state index in [2.05, 4.69) is 4.98 Å². The quantitative estimate of drug-likeness (QED) is 0.676. The van der Waals surface area contributed by atoms with Crippen LogP contribution < -0.4 is 9.46 Å². The number of imidazole rings is 1. The maximum Gasteiger partial charge on any atom is 0.285 e. The molecule has 1 amide bonds. The number of carbonyl (C=O) groups excluding carboxylic acids is 1. The Labute approximate surface area is 163 Å². The van der Waals surface area contributed by atoms with Crippen molar-refractivity contribution < 1.29 is 26.7 Å². The molecular weight excluding hydrogens is 416 g/mol. The summed E-state index contributed by atoms with van der Waals surface area (Å²) in [6.45, 7) is 0. The molecule has 11 heteroatoms. The second-order valence-electron chi connectivity index (χ2n) is 5.52. The highest BCUT2D eigenvalue weighted by Gasteiger charge is 2.24. The zero-order valence-electron chi connectivity index (χ0n) is 14.2. The summed E-state index contributed by atoms with van der Waals surface area (Å²) in [5.41, 5.74) is -0.00879. The number of aromatic nitrogens is 2. The Morgan fingerprint density at radius 3 is 2.64 bits per heavy atom. The molecule has 0 fully saturated rings. The molecule has 2 aromatic carbocycles. The van der Waals surface area contributed by atoms with E-state index in [0.29, 0.717) is 0 Å². The molecule has 0 saturated carbocycles. The van der Waals surface area contributed by atoms with Crippen molar-refractivity contribution in [3.63, 3.8) is 0 Å². The number of nitrogens with zero attached hydrogens (tertiary/aromatic N) is 2. The van der Waals surface area contributed by atoms with Crippen molar-refractivity contribution in [3.8, 4) is 11.4 Å². The first-order valence-corrected chi connectivity index (χ1v) is 9.47. The molecule has 0 bridgehead atoms. The molecule has 0 aliphatic carbocycles. The summed E-state index contributed by atoms with van der Waals surface area (Å²) in [6, 6.07) is 6.76. The normalized spacial score (nSPS) is 11.3. The lowest BCUT2D eigenvalue weighted by molar-refractivity contribution is 0.0977. The van der Waals surface area contributed by atoms with E-state index in [-0.39, 0.29) is 22.2 Å². The van der Waals surface area contributed by atoms with Crippen LogP contribution in [0.3, 0.4) is 0 Å². The SMILES string of the molecule is COc1ccc(F)c(S(=O)(=O)NC(=O)c2cn(-c3cc(F)cc(Cl)c3)cn2)c1. The minimum absolute atomic E-state index is 0.0986. The fourth-order valence-electron chi connectivity index (χ4n) is 2.32. The van der Waals surface area contributed by atoms with Gasteiger partial charge in [-0.15, -0.1) is 0 Å². The van der Waals surface area contributed by atoms with Crippen LogP contribution >= 0.6 is 11.6 Å². The van der Waals surface area contributed by atoms with E-state index >= 15 is 0 Å². The van der Waals surface area contributed by atoms with Gasteiger partial charge in [-0.3, -0.25) is 4.79 Å². The van der Waals surface area contributed by atoms with Gasteiger partial charge in [0.05, 0.1) is 12.8 Å². The van der Waals surface area contributed by atoms with E-state index in [0.717, 1.165) is 24.3 Å². The van der Waals surface area contributed by atoms with Gasteiger partial charge < -0.3 is 9.30 Å². The molecule has 0 radical (unpaired) electrons. The number of methoxy groups -OCH3 is 1. The van der Waals surface area contributed by atoms with E-state index in [1.54, 1.807) is 4.72 Å². The number of nitrogens with one attached hydrogen (secondary N) is 1. The van der Waals surface area contributed by atoms with Crippen molar-refractivity contribution in [2.75, 3.05) is 7.11 Å². The Morgan fingerprint density at radius 1 is 1.21 bits per heavy atom. The van der Waals surface area contributed by atoms with E-state index < -0.39 is 32.5 Å². The lowest BCUT2D eigenvalue weighted by atomic mass is 10.3. The summed E-state index contributed by atoms with van der Waals surface area (Å²) in [5.74, 6) is -2.65. The number of amides is 1. The van der Waals surface area contributed by atoms with Gasteiger partial charge in [-0.2, -0.15) is 0 Å². The fraction of sp³-hybridized carbons (Fsp3) is 0.0588. The molecular formula is C17H12ClF2N3O4S. The molecule has 3 aromatic rings. The van der Waals surface area contributed by atoms with Crippen molar-refractivity contribution in [2.45, 2.75) is 4.90 Å². The average Bonchev–Trinajstić information content (AvgIpc) is 3.11. The van der Waals surface area contributed by atoms with Crippen LogP contribution in [-0.4, -0.2) is 31.0 Å². The highest BCUT2D eigenvalue weighted by atomic mass is 35.5. The summed E-state index contributed by atoms with van der Waals surface area (Å²) in [5, 5.41) is 0.130. The molecule has 0 unspecified atom stereocenters. The summed E-state index contributed by atoms with van der Waals surface area (Å²) in [4.78, 5) is 15.3. The van der Waals surface area contributed by atoms with Gasteiger partial charge >= 0.3 is 0 Å². The predicted molar refractivity (Wildman–Crippen MR) is 96.1 cm³/mol. The van der Waals surface area contributed by atoms with Crippen LogP contribution in [0, 0.1) is 11.6 Å². The molecule has 0 saturated heterocycles. The third-order valence-corrected chi connectivity index (χ3v) is 5.18. The maximum absolute atomic E-state index is 13.9. The molecule has 0 spiro atoms. The average molecular weight is 428 g/mol. The Kier molecular flexibility index (Phi) is 5.34.